The van der Waals surface area contributed by atoms with E-state index in [0.29, 0.717) is 60.8 Å². The average Bonchev–Trinajstić information content (AvgIpc) is 3.43. The van der Waals surface area contributed by atoms with Crippen LogP contribution in [0.5, 0.6) is 0 Å². The first-order chi connectivity index (χ1) is 14.7. The van der Waals surface area contributed by atoms with E-state index in [0.717, 1.165) is 25.9 Å². The van der Waals surface area contributed by atoms with Crippen molar-refractivity contribution in [3.05, 3.63) is 0 Å². The standard InChI is InChI=1S/C18H28N8O3S/c1-3-19-15-21-16(20-4-2)26-17(22-15)23-24-18(26)30-11-13(27)25-7-5-12(6-8-25)14-28-9-10-29-14/h12,14H,3-11H2,1-2H3,(H2,19,20,21,22,23). The number of carbonyl (C=O) groups is 1. The van der Waals surface area contributed by atoms with E-state index in [1.165, 1.54) is 11.8 Å². The quantitative estimate of drug-likeness (QED) is 0.582. The summed E-state index contributed by atoms with van der Waals surface area (Å²) in [5, 5.41) is 15.3. The molecule has 0 bridgehead atoms. The molecule has 0 unspecified atom stereocenters. The van der Waals surface area contributed by atoms with Gasteiger partial charge in [-0.15, -0.1) is 10.2 Å². The topological polar surface area (TPSA) is 119 Å². The first-order valence-corrected chi connectivity index (χ1v) is 11.4. The van der Waals surface area contributed by atoms with Crippen molar-refractivity contribution in [3.8, 4) is 0 Å². The minimum absolute atomic E-state index is 0.0960. The molecule has 2 aliphatic rings. The number of likely N-dealkylation sites (tertiary alicyclic amines) is 1. The summed E-state index contributed by atoms with van der Waals surface area (Å²) in [7, 11) is 0. The van der Waals surface area contributed by atoms with Crippen LogP contribution in [0.2, 0.25) is 0 Å². The SMILES string of the molecule is CCNc1nc(NCC)n2c(SCC(=O)N3CCC(C4OCCO4)CC3)nnc2n1. The Bertz CT molecular complexity index is 864. The number of ether oxygens (including phenoxy) is 2. The summed E-state index contributed by atoms with van der Waals surface area (Å²) in [4.78, 5) is 23.5. The molecular formula is C18H28N8O3S. The fourth-order valence-corrected chi connectivity index (χ4v) is 4.52. The zero-order valence-corrected chi connectivity index (χ0v) is 18.2. The van der Waals surface area contributed by atoms with Gasteiger partial charge < -0.3 is 25.0 Å². The first-order valence-electron chi connectivity index (χ1n) is 10.4. The van der Waals surface area contributed by atoms with Crippen molar-refractivity contribution >= 4 is 35.3 Å². The number of piperidine rings is 1. The molecule has 30 heavy (non-hydrogen) atoms. The number of aromatic nitrogens is 5. The van der Waals surface area contributed by atoms with E-state index in [4.69, 9.17) is 9.47 Å². The largest absolute Gasteiger partial charge is 0.355 e. The van der Waals surface area contributed by atoms with Gasteiger partial charge >= 0.3 is 0 Å². The Labute approximate surface area is 179 Å². The van der Waals surface area contributed by atoms with E-state index in [1.807, 2.05) is 18.7 Å². The summed E-state index contributed by atoms with van der Waals surface area (Å²) >= 11 is 1.35. The van der Waals surface area contributed by atoms with Crippen molar-refractivity contribution in [3.63, 3.8) is 0 Å². The van der Waals surface area contributed by atoms with Crippen LogP contribution in [-0.4, -0.2) is 86.8 Å². The number of nitrogens with one attached hydrogen (secondary N) is 2. The molecule has 4 rings (SSSR count). The second-order valence-corrected chi connectivity index (χ2v) is 8.11. The lowest BCUT2D eigenvalue weighted by Crippen LogP contribution is -2.42. The van der Waals surface area contributed by atoms with Crippen LogP contribution in [0.4, 0.5) is 11.9 Å². The number of nitrogens with zero attached hydrogens (tertiary/aromatic N) is 6. The highest BCUT2D eigenvalue weighted by Crippen LogP contribution is 2.27. The number of anilines is 2. The molecule has 1 amide bonds. The minimum Gasteiger partial charge on any atom is -0.355 e. The Kier molecular flexibility index (Phi) is 6.85. The van der Waals surface area contributed by atoms with Gasteiger partial charge in [-0.25, -0.2) is 4.40 Å². The van der Waals surface area contributed by atoms with Gasteiger partial charge in [0, 0.05) is 32.1 Å². The molecule has 2 aromatic heterocycles. The van der Waals surface area contributed by atoms with Crippen molar-refractivity contribution < 1.29 is 14.3 Å². The molecule has 12 heteroatoms. The Morgan fingerprint density at radius 1 is 1.10 bits per heavy atom. The molecule has 0 aromatic carbocycles. The van der Waals surface area contributed by atoms with Crippen LogP contribution < -0.4 is 10.6 Å². The number of hydrogen-bond donors (Lipinski definition) is 2. The van der Waals surface area contributed by atoms with E-state index in [1.54, 1.807) is 4.40 Å². The van der Waals surface area contributed by atoms with E-state index < -0.39 is 0 Å². The van der Waals surface area contributed by atoms with Crippen molar-refractivity contribution in [2.24, 2.45) is 5.92 Å². The van der Waals surface area contributed by atoms with Crippen molar-refractivity contribution in [1.82, 2.24) is 29.5 Å². The van der Waals surface area contributed by atoms with E-state index in [2.05, 4.69) is 30.8 Å². The molecule has 4 heterocycles. The van der Waals surface area contributed by atoms with Gasteiger partial charge in [-0.3, -0.25) is 4.79 Å². The molecule has 0 spiro atoms. The summed E-state index contributed by atoms with van der Waals surface area (Å²) in [6, 6.07) is 0. The fraction of sp³-hybridized carbons (Fsp3) is 0.722. The summed E-state index contributed by atoms with van der Waals surface area (Å²) in [5.74, 6) is 2.32. The second-order valence-electron chi connectivity index (χ2n) is 7.17. The number of hydrogen-bond acceptors (Lipinski definition) is 10. The Morgan fingerprint density at radius 2 is 1.83 bits per heavy atom. The smallest absolute Gasteiger partial charge is 0.261 e. The Balaban J connectivity index is 1.38. The minimum atomic E-state index is -0.101. The van der Waals surface area contributed by atoms with Crippen LogP contribution in [0.1, 0.15) is 26.7 Å². The maximum atomic E-state index is 12.7. The van der Waals surface area contributed by atoms with E-state index in [-0.39, 0.29) is 12.2 Å². The zero-order chi connectivity index (χ0) is 20.9. The molecule has 2 aromatic rings. The molecule has 2 fully saturated rings. The van der Waals surface area contributed by atoms with Gasteiger partial charge in [0.25, 0.3) is 5.78 Å². The van der Waals surface area contributed by atoms with Crippen LogP contribution in [0, 0.1) is 5.92 Å². The van der Waals surface area contributed by atoms with E-state index >= 15 is 0 Å². The first kappa shape index (κ1) is 21.1. The highest BCUT2D eigenvalue weighted by Gasteiger charge is 2.31. The lowest BCUT2D eigenvalue weighted by Gasteiger charge is -2.33. The number of fused-ring (bicyclic) bond motifs is 1. The molecule has 2 N–H and O–H groups in total. The normalized spacial score (nSPS) is 18.3. The summed E-state index contributed by atoms with van der Waals surface area (Å²) in [6.45, 7) is 8.17. The van der Waals surface area contributed by atoms with Crippen LogP contribution in [0.15, 0.2) is 5.16 Å². The van der Waals surface area contributed by atoms with Gasteiger partial charge in [-0.2, -0.15) is 9.97 Å². The molecule has 164 valence electrons. The van der Waals surface area contributed by atoms with Gasteiger partial charge in [0.05, 0.1) is 19.0 Å². The lowest BCUT2D eigenvalue weighted by molar-refractivity contribution is -0.134. The third kappa shape index (κ3) is 4.60. The molecular weight excluding hydrogens is 408 g/mol. The van der Waals surface area contributed by atoms with Gasteiger partial charge in [0.15, 0.2) is 11.4 Å². The Morgan fingerprint density at radius 3 is 2.53 bits per heavy atom. The van der Waals surface area contributed by atoms with Crippen molar-refractivity contribution in [2.45, 2.75) is 38.1 Å². The van der Waals surface area contributed by atoms with Gasteiger partial charge in [0.1, 0.15) is 0 Å². The third-order valence-corrected chi connectivity index (χ3v) is 6.08. The van der Waals surface area contributed by atoms with Crippen molar-refractivity contribution in [2.75, 3.05) is 55.8 Å². The molecule has 0 radical (unpaired) electrons. The Hall–Kier alpha value is -2.18. The second kappa shape index (κ2) is 9.75. The number of carbonyl (C=O) groups excluding carboxylic acids is 1. The fourth-order valence-electron chi connectivity index (χ4n) is 3.68. The molecule has 2 saturated heterocycles. The number of thioether (sulfide) groups is 1. The predicted molar refractivity (Wildman–Crippen MR) is 113 cm³/mol. The predicted octanol–water partition coefficient (Wildman–Crippen LogP) is 1.09. The summed E-state index contributed by atoms with van der Waals surface area (Å²) < 4.78 is 13.0. The van der Waals surface area contributed by atoms with Gasteiger partial charge in [0.2, 0.25) is 17.8 Å². The molecule has 0 aliphatic carbocycles. The number of rotatable bonds is 8. The maximum Gasteiger partial charge on any atom is 0.261 e. The van der Waals surface area contributed by atoms with Crippen LogP contribution in [0.25, 0.3) is 5.78 Å². The third-order valence-electron chi connectivity index (χ3n) is 5.17. The molecule has 0 atom stereocenters. The zero-order valence-electron chi connectivity index (χ0n) is 17.3. The number of amides is 1. The van der Waals surface area contributed by atoms with Crippen LogP contribution in [-0.2, 0) is 14.3 Å². The van der Waals surface area contributed by atoms with Gasteiger partial charge in [-0.1, -0.05) is 11.8 Å². The lowest BCUT2D eigenvalue weighted by atomic mass is 9.96. The van der Waals surface area contributed by atoms with E-state index in [9.17, 15) is 4.79 Å². The van der Waals surface area contributed by atoms with Crippen molar-refractivity contribution in [1.29, 1.82) is 0 Å². The van der Waals surface area contributed by atoms with Crippen LogP contribution >= 0.6 is 11.8 Å². The monoisotopic (exact) mass is 436 g/mol. The highest BCUT2D eigenvalue weighted by molar-refractivity contribution is 7.99. The highest BCUT2D eigenvalue weighted by atomic mass is 32.2. The molecule has 11 nitrogen and oxygen atoms in total. The van der Waals surface area contributed by atoms with Crippen LogP contribution in [0.3, 0.4) is 0 Å². The maximum absolute atomic E-state index is 12.7. The summed E-state index contributed by atoms with van der Waals surface area (Å²) in [6.07, 6.45) is 1.71. The van der Waals surface area contributed by atoms with Gasteiger partial charge in [-0.05, 0) is 26.7 Å². The summed E-state index contributed by atoms with van der Waals surface area (Å²) in [5.41, 5.74) is 0. The average molecular weight is 437 g/mol. The molecule has 2 aliphatic heterocycles. The molecule has 0 saturated carbocycles.